The summed E-state index contributed by atoms with van der Waals surface area (Å²) in [6.45, 7) is 16.0. The van der Waals surface area contributed by atoms with Crippen LogP contribution in [0.4, 0.5) is 0 Å². The lowest BCUT2D eigenvalue weighted by Crippen LogP contribution is -2.47. The van der Waals surface area contributed by atoms with Crippen molar-refractivity contribution >= 4 is 14.1 Å². The molecule has 4 heteroatoms. The van der Waals surface area contributed by atoms with Crippen LogP contribution in [0.15, 0.2) is 0 Å². The van der Waals surface area contributed by atoms with E-state index in [4.69, 9.17) is 9.16 Å². The van der Waals surface area contributed by atoms with Crippen molar-refractivity contribution < 1.29 is 14.0 Å². The normalized spacial score (nSPS) is 39.9. The van der Waals surface area contributed by atoms with Gasteiger partial charge in [0.1, 0.15) is 5.78 Å². The minimum absolute atomic E-state index is 0.194. The fraction of sp³-hybridized carbons (Fsp3) is 0.955. The molecule has 3 aliphatic rings. The predicted molar refractivity (Wildman–Crippen MR) is 109 cm³/mol. The topological polar surface area (TPSA) is 35.5 Å². The summed E-state index contributed by atoms with van der Waals surface area (Å²) in [5.41, 5.74) is 0.00238. The number of carbonyl (C=O) groups excluding carboxylic acids is 1. The van der Waals surface area contributed by atoms with Gasteiger partial charge in [0.2, 0.25) is 0 Å². The van der Waals surface area contributed by atoms with Crippen molar-refractivity contribution in [1.82, 2.24) is 0 Å². The molecule has 0 spiro atoms. The third-order valence-electron chi connectivity index (χ3n) is 7.55. The molecule has 0 aromatic carbocycles. The number of hydrogen-bond donors (Lipinski definition) is 0. The number of ether oxygens (including phenoxy) is 1. The Labute approximate surface area is 161 Å². The molecule has 0 N–H and O–H groups in total. The molecule has 2 saturated carbocycles. The lowest BCUT2D eigenvalue weighted by molar-refractivity contribution is -0.131. The Hall–Kier alpha value is -0.193. The third-order valence-corrected chi connectivity index (χ3v) is 8.69. The van der Waals surface area contributed by atoms with E-state index in [1.165, 1.54) is 12.8 Å². The van der Waals surface area contributed by atoms with Gasteiger partial charge in [0.25, 0.3) is 0 Å². The molecule has 1 aliphatic heterocycles. The molecule has 0 aromatic rings. The highest BCUT2D eigenvalue weighted by atomic mass is 28.4. The van der Waals surface area contributed by atoms with Gasteiger partial charge in [0, 0.05) is 12.3 Å². The Morgan fingerprint density at radius 3 is 2.54 bits per heavy atom. The minimum Gasteiger partial charge on any atom is -0.410 e. The van der Waals surface area contributed by atoms with Crippen LogP contribution in [-0.2, 0) is 14.0 Å². The van der Waals surface area contributed by atoms with Crippen molar-refractivity contribution in [3.63, 3.8) is 0 Å². The molecule has 3 nitrogen and oxygen atoms in total. The highest BCUT2D eigenvalue weighted by Crippen LogP contribution is 2.57. The van der Waals surface area contributed by atoms with E-state index in [-0.39, 0.29) is 17.1 Å². The van der Waals surface area contributed by atoms with Crippen LogP contribution in [0.1, 0.15) is 72.6 Å². The summed E-state index contributed by atoms with van der Waals surface area (Å²) in [6, 6.07) is 0. The molecule has 3 fully saturated rings. The Morgan fingerprint density at radius 2 is 1.88 bits per heavy atom. The van der Waals surface area contributed by atoms with Crippen molar-refractivity contribution in [2.24, 2.45) is 23.2 Å². The fourth-order valence-corrected chi connectivity index (χ4v) is 8.22. The molecule has 3 rings (SSSR count). The minimum atomic E-state index is -1.60. The molecule has 26 heavy (non-hydrogen) atoms. The molecule has 0 amide bonds. The van der Waals surface area contributed by atoms with Gasteiger partial charge in [-0.2, -0.15) is 0 Å². The standard InChI is InChI=1S/C22H40O3Si/c1-15(16-10-11-17-18(23)9-8-14-22(16,17)4)19-12-13-20(24-19)21(2,3)25-26(5,6)7/h15-17,19-20H,8-14H2,1-7H3/t15-,16+,17-,19-,20-,22+/m0/s1. The molecule has 0 radical (unpaired) electrons. The number of Topliss-reactive ketones (excluding diaryl/α,β-unsaturated/α-hetero) is 1. The molecule has 1 heterocycles. The first-order valence-corrected chi connectivity index (χ1v) is 14.2. The summed E-state index contributed by atoms with van der Waals surface area (Å²) in [5, 5.41) is 0. The quantitative estimate of drug-likeness (QED) is 0.584. The Morgan fingerprint density at radius 1 is 1.19 bits per heavy atom. The fourth-order valence-electron chi connectivity index (χ4n) is 6.51. The zero-order valence-electron chi connectivity index (χ0n) is 18.1. The first kappa shape index (κ1) is 20.5. The largest absolute Gasteiger partial charge is 0.410 e. The van der Waals surface area contributed by atoms with Crippen LogP contribution in [0.25, 0.3) is 0 Å². The van der Waals surface area contributed by atoms with Crippen LogP contribution < -0.4 is 0 Å². The van der Waals surface area contributed by atoms with Gasteiger partial charge in [-0.1, -0.05) is 13.8 Å². The molecule has 1 saturated heterocycles. The molecule has 0 bridgehead atoms. The maximum Gasteiger partial charge on any atom is 0.184 e. The van der Waals surface area contributed by atoms with Crippen LogP contribution in [0.5, 0.6) is 0 Å². The first-order chi connectivity index (χ1) is 11.9. The number of ketones is 1. The van der Waals surface area contributed by atoms with E-state index in [0.717, 1.165) is 32.1 Å². The van der Waals surface area contributed by atoms with Crippen molar-refractivity contribution in [3.8, 4) is 0 Å². The van der Waals surface area contributed by atoms with E-state index < -0.39 is 8.32 Å². The molecule has 2 aliphatic carbocycles. The summed E-state index contributed by atoms with van der Waals surface area (Å²) in [5.74, 6) is 2.00. The highest BCUT2D eigenvalue weighted by Gasteiger charge is 2.54. The SMILES string of the molecule is C[C@H]([C@@H]1CC[C@@H](C(C)(C)O[Si](C)(C)C)O1)[C@H]1CC[C@H]2C(=O)CCC[C@]12C. The highest BCUT2D eigenvalue weighted by molar-refractivity contribution is 6.69. The van der Waals surface area contributed by atoms with Gasteiger partial charge in [-0.25, -0.2) is 0 Å². The van der Waals surface area contributed by atoms with Crippen molar-refractivity contribution in [3.05, 3.63) is 0 Å². The van der Waals surface area contributed by atoms with E-state index in [0.29, 0.717) is 29.6 Å². The van der Waals surface area contributed by atoms with Crippen molar-refractivity contribution in [2.75, 3.05) is 0 Å². The summed E-state index contributed by atoms with van der Waals surface area (Å²) < 4.78 is 13.1. The molecule has 150 valence electrons. The maximum absolute atomic E-state index is 12.4. The van der Waals surface area contributed by atoms with Gasteiger partial charge in [0.15, 0.2) is 8.32 Å². The average molecular weight is 381 g/mol. The van der Waals surface area contributed by atoms with Crippen LogP contribution in [0, 0.1) is 23.2 Å². The molecular formula is C22H40O3Si. The second-order valence-corrected chi connectivity index (χ2v) is 15.4. The molecule has 0 aromatic heterocycles. The van der Waals surface area contributed by atoms with E-state index in [2.05, 4.69) is 47.3 Å². The van der Waals surface area contributed by atoms with Crippen LogP contribution in [0.2, 0.25) is 19.6 Å². The van der Waals surface area contributed by atoms with Gasteiger partial charge in [-0.05, 0) is 89.3 Å². The van der Waals surface area contributed by atoms with Gasteiger partial charge >= 0.3 is 0 Å². The van der Waals surface area contributed by atoms with Gasteiger partial charge in [-0.15, -0.1) is 0 Å². The summed E-state index contributed by atoms with van der Waals surface area (Å²) in [6.07, 6.45) is 8.16. The van der Waals surface area contributed by atoms with E-state index >= 15 is 0 Å². The first-order valence-electron chi connectivity index (χ1n) is 10.8. The summed E-state index contributed by atoms with van der Waals surface area (Å²) in [7, 11) is -1.60. The maximum atomic E-state index is 12.4. The number of fused-ring (bicyclic) bond motifs is 1. The van der Waals surface area contributed by atoms with Gasteiger partial charge in [0.05, 0.1) is 17.8 Å². The number of rotatable bonds is 5. The van der Waals surface area contributed by atoms with Crippen LogP contribution in [0.3, 0.4) is 0 Å². The lowest BCUT2D eigenvalue weighted by atomic mass is 9.61. The lowest BCUT2D eigenvalue weighted by Gasteiger charge is -2.44. The Balaban J connectivity index is 1.66. The van der Waals surface area contributed by atoms with Crippen molar-refractivity contribution in [1.29, 1.82) is 0 Å². The number of carbonyl (C=O) groups is 1. The molecular weight excluding hydrogens is 340 g/mol. The van der Waals surface area contributed by atoms with Gasteiger partial charge < -0.3 is 9.16 Å². The Kier molecular flexibility index (Phi) is 5.53. The zero-order chi connectivity index (χ0) is 19.3. The summed E-state index contributed by atoms with van der Waals surface area (Å²) in [4.78, 5) is 12.4. The van der Waals surface area contributed by atoms with Crippen LogP contribution in [-0.4, -0.2) is 31.9 Å². The second-order valence-electron chi connectivity index (χ2n) is 11.0. The smallest absolute Gasteiger partial charge is 0.184 e. The van der Waals surface area contributed by atoms with Crippen molar-refractivity contribution in [2.45, 2.75) is 110 Å². The van der Waals surface area contributed by atoms with Crippen LogP contribution >= 0.6 is 0 Å². The van der Waals surface area contributed by atoms with E-state index in [1.807, 2.05) is 0 Å². The molecule has 6 atom stereocenters. The predicted octanol–water partition coefficient (Wildman–Crippen LogP) is 5.59. The van der Waals surface area contributed by atoms with E-state index in [1.54, 1.807) is 0 Å². The third kappa shape index (κ3) is 3.84. The second kappa shape index (κ2) is 7.00. The average Bonchev–Trinajstić information content (AvgIpc) is 3.09. The molecule has 0 unspecified atom stereocenters. The monoisotopic (exact) mass is 380 g/mol. The van der Waals surface area contributed by atoms with E-state index in [9.17, 15) is 4.79 Å². The Bertz CT molecular complexity index is 538. The van der Waals surface area contributed by atoms with Gasteiger partial charge in [-0.3, -0.25) is 4.79 Å². The number of hydrogen-bond acceptors (Lipinski definition) is 3. The zero-order valence-corrected chi connectivity index (χ0v) is 19.1. The summed E-state index contributed by atoms with van der Waals surface area (Å²) >= 11 is 0.